The van der Waals surface area contributed by atoms with Crippen LogP contribution in [-0.4, -0.2) is 36.3 Å². The van der Waals surface area contributed by atoms with E-state index in [2.05, 4.69) is 20.5 Å². The molecule has 10 heteroatoms. The highest BCUT2D eigenvalue weighted by Gasteiger charge is 2.31. The van der Waals surface area contributed by atoms with Crippen LogP contribution in [0.4, 0.5) is 0 Å². The number of pyridine rings is 1. The largest absolute Gasteiger partial charge is 0.373 e. The Balaban J connectivity index is 1.32. The third-order valence-electron chi connectivity index (χ3n) is 5.12. The molecule has 0 spiro atoms. The van der Waals surface area contributed by atoms with Gasteiger partial charge in [-0.3, -0.25) is 0 Å². The molecule has 1 aliphatic rings. The van der Waals surface area contributed by atoms with Crippen LogP contribution in [0.25, 0.3) is 11.0 Å². The SMILES string of the molecule is Cn1nnc2ccn(Cc3nc([C@@H]4CO[C@@H](c5ccc(Cl)cc5)C4)no3)c(=S)c21. The van der Waals surface area contributed by atoms with Crippen molar-refractivity contribution in [2.45, 2.75) is 25.0 Å². The maximum atomic E-state index is 5.97. The van der Waals surface area contributed by atoms with Gasteiger partial charge in [0.15, 0.2) is 5.82 Å². The van der Waals surface area contributed by atoms with Gasteiger partial charge < -0.3 is 13.8 Å². The number of halogens is 1. The van der Waals surface area contributed by atoms with Crippen LogP contribution in [0.2, 0.25) is 5.02 Å². The lowest BCUT2D eigenvalue weighted by atomic mass is 10.0. The van der Waals surface area contributed by atoms with E-state index >= 15 is 0 Å². The summed E-state index contributed by atoms with van der Waals surface area (Å²) in [6.07, 6.45) is 2.66. The Labute approximate surface area is 176 Å². The van der Waals surface area contributed by atoms with Crippen LogP contribution in [0, 0.1) is 4.64 Å². The zero-order chi connectivity index (χ0) is 20.0. The summed E-state index contributed by atoms with van der Waals surface area (Å²) < 4.78 is 15.6. The summed E-state index contributed by atoms with van der Waals surface area (Å²) in [7, 11) is 1.82. The highest BCUT2D eigenvalue weighted by Crippen LogP contribution is 2.37. The molecular weight excluding hydrogens is 412 g/mol. The van der Waals surface area contributed by atoms with E-state index in [-0.39, 0.29) is 12.0 Å². The van der Waals surface area contributed by atoms with Gasteiger partial charge in [0.05, 0.1) is 12.7 Å². The van der Waals surface area contributed by atoms with E-state index in [1.807, 2.05) is 48.1 Å². The first-order valence-electron chi connectivity index (χ1n) is 9.17. The number of ether oxygens (including phenoxy) is 1. The molecule has 5 rings (SSSR count). The zero-order valence-corrected chi connectivity index (χ0v) is 17.1. The molecule has 0 unspecified atom stereocenters. The fourth-order valence-corrected chi connectivity index (χ4v) is 4.07. The number of aromatic nitrogens is 6. The predicted octanol–water partition coefficient (Wildman–Crippen LogP) is 3.83. The van der Waals surface area contributed by atoms with Crippen molar-refractivity contribution in [1.29, 1.82) is 0 Å². The quantitative estimate of drug-likeness (QED) is 0.457. The minimum Gasteiger partial charge on any atom is -0.373 e. The summed E-state index contributed by atoms with van der Waals surface area (Å²) in [4.78, 5) is 4.58. The number of aryl methyl sites for hydroxylation is 1. The van der Waals surface area contributed by atoms with Gasteiger partial charge in [-0.15, -0.1) is 5.10 Å². The van der Waals surface area contributed by atoms with Crippen molar-refractivity contribution in [3.8, 4) is 0 Å². The van der Waals surface area contributed by atoms with Crippen molar-refractivity contribution >= 4 is 34.9 Å². The minimum absolute atomic E-state index is 0.00702. The highest BCUT2D eigenvalue weighted by atomic mass is 35.5. The van der Waals surface area contributed by atoms with Crippen molar-refractivity contribution < 1.29 is 9.26 Å². The first-order chi connectivity index (χ1) is 14.1. The van der Waals surface area contributed by atoms with E-state index in [0.717, 1.165) is 23.0 Å². The molecule has 0 aliphatic carbocycles. The Kier molecular flexibility index (Phi) is 4.65. The normalized spacial score (nSPS) is 19.2. The molecular formula is C19H17ClN6O2S. The fourth-order valence-electron chi connectivity index (χ4n) is 3.58. The third kappa shape index (κ3) is 3.45. The summed E-state index contributed by atoms with van der Waals surface area (Å²) in [5, 5.41) is 13.0. The van der Waals surface area contributed by atoms with Crippen LogP contribution in [0.15, 0.2) is 41.1 Å². The molecule has 0 bridgehead atoms. The van der Waals surface area contributed by atoms with Crippen molar-refractivity contribution in [2.24, 2.45) is 7.05 Å². The number of fused-ring (bicyclic) bond motifs is 1. The molecule has 1 saturated heterocycles. The van der Waals surface area contributed by atoms with E-state index in [4.69, 9.17) is 33.1 Å². The second-order valence-electron chi connectivity index (χ2n) is 7.05. The smallest absolute Gasteiger partial charge is 0.246 e. The van der Waals surface area contributed by atoms with E-state index in [1.165, 1.54) is 0 Å². The molecule has 1 aromatic carbocycles. The maximum Gasteiger partial charge on any atom is 0.246 e. The van der Waals surface area contributed by atoms with Gasteiger partial charge in [0.25, 0.3) is 0 Å². The Morgan fingerprint density at radius 2 is 2.07 bits per heavy atom. The lowest BCUT2D eigenvalue weighted by Crippen LogP contribution is -2.05. The Hall–Kier alpha value is -2.62. The van der Waals surface area contributed by atoms with Crippen molar-refractivity contribution in [2.75, 3.05) is 6.61 Å². The molecule has 2 atom stereocenters. The first-order valence-corrected chi connectivity index (χ1v) is 9.95. The van der Waals surface area contributed by atoms with Crippen molar-refractivity contribution in [3.63, 3.8) is 0 Å². The Morgan fingerprint density at radius 1 is 1.24 bits per heavy atom. The summed E-state index contributed by atoms with van der Waals surface area (Å²) >= 11 is 11.5. The number of hydrogen-bond acceptors (Lipinski definition) is 7. The van der Waals surface area contributed by atoms with Gasteiger partial charge in [0.2, 0.25) is 5.89 Å². The molecule has 8 nitrogen and oxygen atoms in total. The molecule has 0 amide bonds. The second-order valence-corrected chi connectivity index (χ2v) is 7.87. The average Bonchev–Trinajstić information content (AvgIpc) is 3.45. The number of nitrogens with zero attached hydrogens (tertiary/aromatic N) is 6. The predicted molar refractivity (Wildman–Crippen MR) is 108 cm³/mol. The molecule has 3 aromatic heterocycles. The molecule has 1 aliphatic heterocycles. The van der Waals surface area contributed by atoms with E-state index < -0.39 is 0 Å². The molecule has 29 heavy (non-hydrogen) atoms. The Bertz CT molecular complexity index is 1230. The topological polar surface area (TPSA) is 83.8 Å². The average molecular weight is 429 g/mol. The second kappa shape index (κ2) is 7.33. The monoisotopic (exact) mass is 428 g/mol. The lowest BCUT2D eigenvalue weighted by molar-refractivity contribution is 0.110. The van der Waals surface area contributed by atoms with Gasteiger partial charge in [-0.1, -0.05) is 46.3 Å². The van der Waals surface area contributed by atoms with Gasteiger partial charge in [0.1, 0.15) is 22.2 Å². The lowest BCUT2D eigenvalue weighted by Gasteiger charge is -2.09. The summed E-state index contributed by atoms with van der Waals surface area (Å²) in [5.41, 5.74) is 2.67. The van der Waals surface area contributed by atoms with Gasteiger partial charge in [0, 0.05) is 24.2 Å². The summed E-state index contributed by atoms with van der Waals surface area (Å²) in [5.74, 6) is 1.25. The van der Waals surface area contributed by atoms with E-state index in [0.29, 0.717) is 34.5 Å². The standard InChI is InChI=1S/C19H17ClN6O2S/c1-25-17-14(22-24-25)6-7-26(19(17)29)9-16-21-18(23-28-16)12-8-15(27-10-12)11-2-4-13(20)5-3-11/h2-7,12,15H,8-10H2,1H3/t12-,15+/m0/s1. The number of rotatable bonds is 4. The van der Waals surface area contributed by atoms with Crippen LogP contribution in [-0.2, 0) is 18.3 Å². The molecule has 1 fully saturated rings. The van der Waals surface area contributed by atoms with Crippen LogP contribution in [0.1, 0.15) is 35.7 Å². The van der Waals surface area contributed by atoms with Crippen LogP contribution < -0.4 is 0 Å². The van der Waals surface area contributed by atoms with Gasteiger partial charge in [-0.2, -0.15) is 4.98 Å². The molecule has 4 heterocycles. The first kappa shape index (κ1) is 18.4. The van der Waals surface area contributed by atoms with Crippen LogP contribution in [0.5, 0.6) is 0 Å². The Morgan fingerprint density at radius 3 is 2.90 bits per heavy atom. The maximum absolute atomic E-state index is 5.97. The molecule has 0 saturated carbocycles. The molecule has 4 aromatic rings. The van der Waals surface area contributed by atoms with E-state index in [1.54, 1.807) is 4.68 Å². The number of hydrogen-bond donors (Lipinski definition) is 0. The molecule has 148 valence electrons. The van der Waals surface area contributed by atoms with Crippen LogP contribution >= 0.6 is 23.8 Å². The number of benzene rings is 1. The van der Waals surface area contributed by atoms with E-state index in [9.17, 15) is 0 Å². The summed E-state index contributed by atoms with van der Waals surface area (Å²) in [6.45, 7) is 0.944. The molecule has 0 radical (unpaired) electrons. The molecule has 0 N–H and O–H groups in total. The zero-order valence-electron chi connectivity index (χ0n) is 15.5. The minimum atomic E-state index is 0.00702. The van der Waals surface area contributed by atoms with Gasteiger partial charge in [-0.25, -0.2) is 4.68 Å². The van der Waals surface area contributed by atoms with Crippen LogP contribution in [0.3, 0.4) is 0 Å². The summed E-state index contributed by atoms with van der Waals surface area (Å²) in [6, 6.07) is 9.60. The highest BCUT2D eigenvalue weighted by molar-refractivity contribution is 7.71. The van der Waals surface area contributed by atoms with Crippen molar-refractivity contribution in [3.05, 3.63) is 63.5 Å². The van der Waals surface area contributed by atoms with Gasteiger partial charge >= 0.3 is 0 Å². The third-order valence-corrected chi connectivity index (χ3v) is 5.80. The van der Waals surface area contributed by atoms with Gasteiger partial charge in [-0.05, 0) is 30.2 Å². The fraction of sp³-hybridized carbons (Fsp3) is 0.316. The van der Waals surface area contributed by atoms with Crippen molar-refractivity contribution in [1.82, 2.24) is 29.7 Å².